The summed E-state index contributed by atoms with van der Waals surface area (Å²) in [5.74, 6) is -1.77. The van der Waals surface area contributed by atoms with Crippen molar-refractivity contribution in [1.29, 1.82) is 0 Å². The number of benzene rings is 2. The van der Waals surface area contributed by atoms with Gasteiger partial charge in [0.15, 0.2) is 11.6 Å². The van der Waals surface area contributed by atoms with Gasteiger partial charge in [-0.15, -0.1) is 0 Å². The molecule has 0 aromatic heterocycles. The van der Waals surface area contributed by atoms with E-state index >= 15 is 0 Å². The molecule has 0 fully saturated rings. The predicted octanol–water partition coefficient (Wildman–Crippen LogP) is 3.72. The SMILES string of the molecule is Cc1cccc(C(C)(O)Cc2ccc(F)c(F)c2)c1. The van der Waals surface area contributed by atoms with Crippen LogP contribution in [0.4, 0.5) is 8.78 Å². The number of rotatable bonds is 3. The summed E-state index contributed by atoms with van der Waals surface area (Å²) < 4.78 is 26.0. The summed E-state index contributed by atoms with van der Waals surface area (Å²) in [6.45, 7) is 3.61. The lowest BCUT2D eigenvalue weighted by atomic mass is 9.88. The summed E-state index contributed by atoms with van der Waals surface area (Å²) in [6.07, 6.45) is 0.230. The van der Waals surface area contributed by atoms with Crippen LogP contribution in [-0.4, -0.2) is 5.11 Å². The van der Waals surface area contributed by atoms with E-state index in [0.717, 1.165) is 23.3 Å². The molecule has 19 heavy (non-hydrogen) atoms. The highest BCUT2D eigenvalue weighted by Crippen LogP contribution is 2.26. The van der Waals surface area contributed by atoms with Crippen LogP contribution >= 0.6 is 0 Å². The minimum Gasteiger partial charge on any atom is -0.385 e. The number of halogens is 2. The van der Waals surface area contributed by atoms with E-state index in [0.29, 0.717) is 5.56 Å². The van der Waals surface area contributed by atoms with Crippen LogP contribution < -0.4 is 0 Å². The van der Waals surface area contributed by atoms with Crippen molar-refractivity contribution >= 4 is 0 Å². The second kappa shape index (κ2) is 5.10. The van der Waals surface area contributed by atoms with E-state index in [4.69, 9.17) is 0 Å². The van der Waals surface area contributed by atoms with Gasteiger partial charge in [0.1, 0.15) is 0 Å². The van der Waals surface area contributed by atoms with Crippen molar-refractivity contribution in [2.24, 2.45) is 0 Å². The van der Waals surface area contributed by atoms with Gasteiger partial charge in [0.2, 0.25) is 0 Å². The van der Waals surface area contributed by atoms with Gasteiger partial charge in [-0.2, -0.15) is 0 Å². The van der Waals surface area contributed by atoms with Gasteiger partial charge in [0.25, 0.3) is 0 Å². The van der Waals surface area contributed by atoms with Gasteiger partial charge in [0, 0.05) is 6.42 Å². The average molecular weight is 262 g/mol. The number of hydrogen-bond donors (Lipinski definition) is 1. The van der Waals surface area contributed by atoms with E-state index in [1.54, 1.807) is 6.92 Å². The smallest absolute Gasteiger partial charge is 0.159 e. The van der Waals surface area contributed by atoms with Crippen LogP contribution in [0.15, 0.2) is 42.5 Å². The van der Waals surface area contributed by atoms with Gasteiger partial charge in [-0.05, 0) is 37.1 Å². The summed E-state index contributed by atoms with van der Waals surface area (Å²) >= 11 is 0. The lowest BCUT2D eigenvalue weighted by Gasteiger charge is -2.24. The van der Waals surface area contributed by atoms with Crippen molar-refractivity contribution in [1.82, 2.24) is 0 Å². The third-order valence-electron chi connectivity index (χ3n) is 3.17. The fourth-order valence-corrected chi connectivity index (χ4v) is 2.13. The van der Waals surface area contributed by atoms with Crippen molar-refractivity contribution in [2.45, 2.75) is 25.9 Å². The molecule has 0 radical (unpaired) electrons. The number of hydrogen-bond acceptors (Lipinski definition) is 1. The van der Waals surface area contributed by atoms with E-state index in [1.165, 1.54) is 6.07 Å². The fraction of sp³-hybridized carbons (Fsp3) is 0.250. The van der Waals surface area contributed by atoms with Crippen LogP contribution in [0.1, 0.15) is 23.6 Å². The van der Waals surface area contributed by atoms with E-state index in [2.05, 4.69) is 0 Å². The van der Waals surface area contributed by atoms with Crippen LogP contribution in [0.2, 0.25) is 0 Å². The molecular weight excluding hydrogens is 246 g/mol. The first-order chi connectivity index (χ1) is 8.88. The molecule has 0 heterocycles. The Kier molecular flexibility index (Phi) is 3.67. The Morgan fingerprint density at radius 3 is 2.42 bits per heavy atom. The first-order valence-corrected chi connectivity index (χ1v) is 6.12. The van der Waals surface area contributed by atoms with Gasteiger partial charge >= 0.3 is 0 Å². The maximum absolute atomic E-state index is 13.2. The van der Waals surface area contributed by atoms with E-state index in [1.807, 2.05) is 31.2 Å². The maximum Gasteiger partial charge on any atom is 0.159 e. The minimum absolute atomic E-state index is 0.230. The molecule has 100 valence electrons. The van der Waals surface area contributed by atoms with Gasteiger partial charge in [-0.3, -0.25) is 0 Å². The Bertz CT molecular complexity index is 591. The topological polar surface area (TPSA) is 20.2 Å². The zero-order chi connectivity index (χ0) is 14.0. The Morgan fingerprint density at radius 1 is 1.05 bits per heavy atom. The van der Waals surface area contributed by atoms with Gasteiger partial charge in [-0.25, -0.2) is 8.78 Å². The van der Waals surface area contributed by atoms with Crippen LogP contribution in [-0.2, 0) is 12.0 Å². The molecule has 0 amide bonds. The summed E-state index contributed by atoms with van der Waals surface area (Å²) in [5.41, 5.74) is 1.25. The molecule has 0 aliphatic rings. The normalized spacial score (nSPS) is 14.2. The first kappa shape index (κ1) is 13.7. The number of aliphatic hydroxyl groups is 1. The highest BCUT2D eigenvalue weighted by atomic mass is 19.2. The Hall–Kier alpha value is -1.74. The molecule has 0 saturated heterocycles. The van der Waals surface area contributed by atoms with Crippen LogP contribution in [0.25, 0.3) is 0 Å². The summed E-state index contributed by atoms with van der Waals surface area (Å²) in [5, 5.41) is 10.5. The molecule has 2 aromatic carbocycles. The molecule has 0 aliphatic heterocycles. The van der Waals surface area contributed by atoms with E-state index in [9.17, 15) is 13.9 Å². The van der Waals surface area contributed by atoms with E-state index < -0.39 is 17.2 Å². The van der Waals surface area contributed by atoms with E-state index in [-0.39, 0.29) is 6.42 Å². The molecule has 3 heteroatoms. The minimum atomic E-state index is -1.11. The Labute approximate surface area is 111 Å². The quantitative estimate of drug-likeness (QED) is 0.893. The molecule has 0 bridgehead atoms. The molecule has 2 rings (SSSR count). The molecule has 1 atom stereocenters. The Balaban J connectivity index is 2.27. The largest absolute Gasteiger partial charge is 0.385 e. The van der Waals surface area contributed by atoms with Gasteiger partial charge in [0.05, 0.1) is 5.60 Å². The van der Waals surface area contributed by atoms with Crippen molar-refractivity contribution in [2.75, 3.05) is 0 Å². The second-order valence-corrected chi connectivity index (χ2v) is 5.07. The van der Waals surface area contributed by atoms with Crippen LogP contribution in [0.3, 0.4) is 0 Å². The lowest BCUT2D eigenvalue weighted by Crippen LogP contribution is -2.24. The highest BCUT2D eigenvalue weighted by molar-refractivity contribution is 5.29. The fourth-order valence-electron chi connectivity index (χ4n) is 2.13. The third kappa shape index (κ3) is 3.18. The molecule has 0 spiro atoms. The molecule has 2 aromatic rings. The molecule has 0 saturated carbocycles. The Morgan fingerprint density at radius 2 is 1.79 bits per heavy atom. The maximum atomic E-state index is 13.2. The van der Waals surface area contributed by atoms with Crippen molar-refractivity contribution in [3.8, 4) is 0 Å². The molecular formula is C16H16F2O. The average Bonchev–Trinajstić information content (AvgIpc) is 2.33. The third-order valence-corrected chi connectivity index (χ3v) is 3.17. The lowest BCUT2D eigenvalue weighted by molar-refractivity contribution is 0.0575. The molecule has 1 unspecified atom stereocenters. The summed E-state index contributed by atoms with van der Waals surface area (Å²) in [4.78, 5) is 0. The van der Waals surface area contributed by atoms with Gasteiger partial charge < -0.3 is 5.11 Å². The standard InChI is InChI=1S/C16H16F2O/c1-11-4-3-5-13(8-11)16(2,19)10-12-6-7-14(17)15(18)9-12/h3-9,19H,10H2,1-2H3. The van der Waals surface area contributed by atoms with Crippen molar-refractivity contribution in [3.05, 3.63) is 70.8 Å². The first-order valence-electron chi connectivity index (χ1n) is 6.12. The highest BCUT2D eigenvalue weighted by Gasteiger charge is 2.24. The van der Waals surface area contributed by atoms with Gasteiger partial charge in [-0.1, -0.05) is 35.9 Å². The molecule has 0 aliphatic carbocycles. The summed E-state index contributed by atoms with van der Waals surface area (Å²) in [6, 6.07) is 11.2. The van der Waals surface area contributed by atoms with Crippen LogP contribution in [0, 0.1) is 18.6 Å². The summed E-state index contributed by atoms with van der Waals surface area (Å²) in [7, 11) is 0. The monoisotopic (exact) mass is 262 g/mol. The van der Waals surface area contributed by atoms with Crippen LogP contribution in [0.5, 0.6) is 0 Å². The zero-order valence-corrected chi connectivity index (χ0v) is 11.0. The second-order valence-electron chi connectivity index (χ2n) is 5.07. The zero-order valence-electron chi connectivity index (χ0n) is 11.0. The molecule has 1 nitrogen and oxygen atoms in total. The predicted molar refractivity (Wildman–Crippen MR) is 70.8 cm³/mol. The molecule has 1 N–H and O–H groups in total. The van der Waals surface area contributed by atoms with Crippen molar-refractivity contribution in [3.63, 3.8) is 0 Å². The van der Waals surface area contributed by atoms with Crippen molar-refractivity contribution < 1.29 is 13.9 Å². The number of aryl methyl sites for hydroxylation is 1.